The first-order valence-electron chi connectivity index (χ1n) is 4.86. The van der Waals surface area contributed by atoms with Crippen molar-refractivity contribution in [1.29, 1.82) is 0 Å². The molecule has 70 valence electrons. The SMILES string of the molecule is ONCC1CCCc2ccccc21. The van der Waals surface area contributed by atoms with Gasteiger partial charge in [-0.3, -0.25) is 0 Å². The van der Waals surface area contributed by atoms with E-state index in [4.69, 9.17) is 5.21 Å². The van der Waals surface area contributed by atoms with E-state index in [1.165, 1.54) is 30.4 Å². The number of hydrogen-bond acceptors (Lipinski definition) is 2. The minimum Gasteiger partial charge on any atom is -0.317 e. The van der Waals surface area contributed by atoms with Crippen molar-refractivity contribution in [2.75, 3.05) is 6.54 Å². The van der Waals surface area contributed by atoms with Crippen LogP contribution in [-0.2, 0) is 6.42 Å². The molecule has 1 unspecified atom stereocenters. The molecule has 0 fully saturated rings. The monoisotopic (exact) mass is 177 g/mol. The Morgan fingerprint density at radius 1 is 1.38 bits per heavy atom. The van der Waals surface area contributed by atoms with Crippen LogP contribution in [0.4, 0.5) is 0 Å². The quantitative estimate of drug-likeness (QED) is 0.678. The molecule has 13 heavy (non-hydrogen) atoms. The number of hydrogen-bond donors (Lipinski definition) is 2. The summed E-state index contributed by atoms with van der Waals surface area (Å²) < 4.78 is 0. The zero-order valence-electron chi connectivity index (χ0n) is 7.66. The van der Waals surface area contributed by atoms with Crippen LogP contribution in [0.3, 0.4) is 0 Å². The van der Waals surface area contributed by atoms with Gasteiger partial charge in [-0.15, -0.1) is 0 Å². The molecule has 2 heteroatoms. The van der Waals surface area contributed by atoms with Crippen LogP contribution >= 0.6 is 0 Å². The van der Waals surface area contributed by atoms with Gasteiger partial charge in [0.25, 0.3) is 0 Å². The number of rotatable bonds is 2. The summed E-state index contributed by atoms with van der Waals surface area (Å²) in [5.74, 6) is 0.495. The standard InChI is InChI=1S/C11H15NO/c13-12-8-10-6-3-5-9-4-1-2-7-11(9)10/h1-2,4,7,10,12-13H,3,5-6,8H2. The molecule has 2 rings (SSSR count). The van der Waals surface area contributed by atoms with E-state index in [1.807, 2.05) is 0 Å². The highest BCUT2D eigenvalue weighted by molar-refractivity contribution is 5.32. The van der Waals surface area contributed by atoms with E-state index in [0.29, 0.717) is 12.5 Å². The van der Waals surface area contributed by atoms with Crippen molar-refractivity contribution in [1.82, 2.24) is 5.48 Å². The van der Waals surface area contributed by atoms with Crippen LogP contribution in [0.5, 0.6) is 0 Å². The summed E-state index contributed by atoms with van der Waals surface area (Å²) in [7, 11) is 0. The fourth-order valence-corrected chi connectivity index (χ4v) is 2.18. The van der Waals surface area contributed by atoms with Gasteiger partial charge in [-0.1, -0.05) is 24.3 Å². The van der Waals surface area contributed by atoms with Crippen LogP contribution in [0.1, 0.15) is 29.9 Å². The Morgan fingerprint density at radius 3 is 3.08 bits per heavy atom. The van der Waals surface area contributed by atoms with Gasteiger partial charge in [0, 0.05) is 6.54 Å². The molecule has 0 amide bonds. The molecule has 0 heterocycles. The topological polar surface area (TPSA) is 32.3 Å². The normalized spacial score (nSPS) is 21.2. The first kappa shape index (κ1) is 8.73. The summed E-state index contributed by atoms with van der Waals surface area (Å²) in [6.45, 7) is 0.678. The molecule has 0 spiro atoms. The molecule has 1 aliphatic rings. The number of benzene rings is 1. The Morgan fingerprint density at radius 2 is 2.23 bits per heavy atom. The predicted octanol–water partition coefficient (Wildman–Crippen LogP) is 2.09. The fraction of sp³-hybridized carbons (Fsp3) is 0.455. The minimum atomic E-state index is 0.495. The van der Waals surface area contributed by atoms with Crippen LogP contribution in [0.15, 0.2) is 24.3 Å². The fourth-order valence-electron chi connectivity index (χ4n) is 2.18. The lowest BCUT2D eigenvalue weighted by Gasteiger charge is -2.24. The van der Waals surface area contributed by atoms with E-state index >= 15 is 0 Å². The Kier molecular flexibility index (Phi) is 2.62. The Labute approximate surface area is 78.5 Å². The van der Waals surface area contributed by atoms with Gasteiger partial charge in [-0.05, 0) is 36.3 Å². The second-order valence-corrected chi connectivity index (χ2v) is 3.65. The average Bonchev–Trinajstić information content (AvgIpc) is 2.19. The molecule has 2 nitrogen and oxygen atoms in total. The number of fused-ring (bicyclic) bond motifs is 1. The highest BCUT2D eigenvalue weighted by Gasteiger charge is 2.18. The third kappa shape index (κ3) is 1.74. The third-order valence-electron chi connectivity index (χ3n) is 2.83. The molecular formula is C11H15NO. The smallest absolute Gasteiger partial charge is 0.0276 e. The van der Waals surface area contributed by atoms with Gasteiger partial charge in [0.15, 0.2) is 0 Å². The summed E-state index contributed by atoms with van der Waals surface area (Å²) in [5, 5.41) is 8.69. The zero-order valence-corrected chi connectivity index (χ0v) is 7.66. The molecule has 0 aliphatic heterocycles. The largest absolute Gasteiger partial charge is 0.317 e. The molecule has 0 bridgehead atoms. The van der Waals surface area contributed by atoms with E-state index in [0.717, 1.165) is 0 Å². The van der Waals surface area contributed by atoms with Gasteiger partial charge in [0.2, 0.25) is 0 Å². The Balaban J connectivity index is 2.26. The van der Waals surface area contributed by atoms with Crippen LogP contribution in [0.2, 0.25) is 0 Å². The molecule has 1 atom stereocenters. The lowest BCUT2D eigenvalue weighted by atomic mass is 9.83. The molecule has 1 aromatic rings. The van der Waals surface area contributed by atoms with Crippen molar-refractivity contribution < 1.29 is 5.21 Å². The first-order chi connectivity index (χ1) is 6.42. The summed E-state index contributed by atoms with van der Waals surface area (Å²) in [4.78, 5) is 0. The second kappa shape index (κ2) is 3.90. The van der Waals surface area contributed by atoms with Crippen molar-refractivity contribution in [3.05, 3.63) is 35.4 Å². The van der Waals surface area contributed by atoms with Crippen LogP contribution in [0.25, 0.3) is 0 Å². The molecule has 0 aromatic heterocycles. The summed E-state index contributed by atoms with van der Waals surface area (Å²) >= 11 is 0. The molecule has 2 N–H and O–H groups in total. The van der Waals surface area contributed by atoms with E-state index in [2.05, 4.69) is 29.7 Å². The van der Waals surface area contributed by atoms with Crippen molar-refractivity contribution in [2.24, 2.45) is 0 Å². The molecule has 1 aromatic carbocycles. The summed E-state index contributed by atoms with van der Waals surface area (Å²) in [6, 6.07) is 8.54. The molecule has 1 aliphatic carbocycles. The summed E-state index contributed by atoms with van der Waals surface area (Å²) in [5.41, 5.74) is 5.14. The second-order valence-electron chi connectivity index (χ2n) is 3.65. The number of aryl methyl sites for hydroxylation is 1. The van der Waals surface area contributed by atoms with Gasteiger partial charge in [-0.2, -0.15) is 0 Å². The van der Waals surface area contributed by atoms with Gasteiger partial charge in [-0.25, -0.2) is 5.48 Å². The van der Waals surface area contributed by atoms with Crippen molar-refractivity contribution in [3.63, 3.8) is 0 Å². The van der Waals surface area contributed by atoms with Crippen LogP contribution in [0, 0.1) is 0 Å². The Bertz CT molecular complexity index is 285. The first-order valence-corrected chi connectivity index (χ1v) is 4.86. The Hall–Kier alpha value is -0.860. The van der Waals surface area contributed by atoms with E-state index < -0.39 is 0 Å². The van der Waals surface area contributed by atoms with E-state index in [-0.39, 0.29) is 0 Å². The predicted molar refractivity (Wildman–Crippen MR) is 51.9 cm³/mol. The van der Waals surface area contributed by atoms with Gasteiger partial charge in [0.05, 0.1) is 0 Å². The number of nitrogens with one attached hydrogen (secondary N) is 1. The van der Waals surface area contributed by atoms with Gasteiger partial charge < -0.3 is 5.21 Å². The van der Waals surface area contributed by atoms with Gasteiger partial charge >= 0.3 is 0 Å². The van der Waals surface area contributed by atoms with Crippen molar-refractivity contribution in [3.8, 4) is 0 Å². The average molecular weight is 177 g/mol. The van der Waals surface area contributed by atoms with Gasteiger partial charge in [0.1, 0.15) is 0 Å². The van der Waals surface area contributed by atoms with Crippen molar-refractivity contribution >= 4 is 0 Å². The molecule has 0 saturated carbocycles. The van der Waals surface area contributed by atoms with Crippen LogP contribution in [-0.4, -0.2) is 11.8 Å². The van der Waals surface area contributed by atoms with E-state index in [1.54, 1.807) is 0 Å². The summed E-state index contributed by atoms with van der Waals surface area (Å²) in [6.07, 6.45) is 3.62. The lowest BCUT2D eigenvalue weighted by molar-refractivity contribution is 0.157. The molecule has 0 saturated heterocycles. The maximum Gasteiger partial charge on any atom is 0.0276 e. The van der Waals surface area contributed by atoms with Crippen molar-refractivity contribution in [2.45, 2.75) is 25.2 Å². The highest BCUT2D eigenvalue weighted by Crippen LogP contribution is 2.30. The van der Waals surface area contributed by atoms with Crippen LogP contribution < -0.4 is 5.48 Å². The molecular weight excluding hydrogens is 162 g/mol. The number of hydroxylamine groups is 1. The lowest BCUT2D eigenvalue weighted by Crippen LogP contribution is -2.21. The zero-order chi connectivity index (χ0) is 9.10. The highest BCUT2D eigenvalue weighted by atomic mass is 16.5. The maximum atomic E-state index is 8.69. The maximum absolute atomic E-state index is 8.69. The molecule has 0 radical (unpaired) electrons. The minimum absolute atomic E-state index is 0.495. The van der Waals surface area contributed by atoms with E-state index in [9.17, 15) is 0 Å². The third-order valence-corrected chi connectivity index (χ3v) is 2.83.